The fourth-order valence-corrected chi connectivity index (χ4v) is 2.03. The van der Waals surface area contributed by atoms with Crippen molar-refractivity contribution in [1.82, 2.24) is 20.3 Å². The van der Waals surface area contributed by atoms with Crippen LogP contribution in [0.2, 0.25) is 0 Å². The topological polar surface area (TPSA) is 97.1 Å². The van der Waals surface area contributed by atoms with Gasteiger partial charge in [-0.25, -0.2) is 0 Å². The molecule has 1 aliphatic rings. The second-order valence-electron chi connectivity index (χ2n) is 4.36. The second kappa shape index (κ2) is 6.46. The van der Waals surface area contributed by atoms with E-state index < -0.39 is 0 Å². The van der Waals surface area contributed by atoms with Gasteiger partial charge in [-0.1, -0.05) is 0 Å². The largest absolute Gasteiger partial charge is 0.378 e. The Morgan fingerprint density at radius 3 is 2.94 bits per heavy atom. The Morgan fingerprint density at radius 2 is 2.33 bits per heavy atom. The minimum atomic E-state index is -0.0656. The van der Waals surface area contributed by atoms with E-state index in [1.165, 1.54) is 6.20 Å². The van der Waals surface area contributed by atoms with E-state index in [-0.39, 0.29) is 12.0 Å². The molecular weight excluding hydrogens is 234 g/mol. The molecule has 1 fully saturated rings. The number of nitrogens with zero attached hydrogens (tertiary/aromatic N) is 3. The van der Waals surface area contributed by atoms with Crippen LogP contribution < -0.4 is 5.73 Å². The molecule has 3 N–H and O–H groups in total. The standard InChI is InChI=1S/C11H19N5O2/c12-4-1-7-18-9-2-5-16(6-3-9)11(17)10-8-13-15-14-10/h8-9H,1-7,12H2,(H,13,14,15). The lowest BCUT2D eigenvalue weighted by Gasteiger charge is -2.31. The minimum Gasteiger partial charge on any atom is -0.378 e. The van der Waals surface area contributed by atoms with Crippen LogP contribution in [0.25, 0.3) is 0 Å². The van der Waals surface area contributed by atoms with Gasteiger partial charge in [0, 0.05) is 19.7 Å². The van der Waals surface area contributed by atoms with E-state index in [2.05, 4.69) is 15.4 Å². The van der Waals surface area contributed by atoms with Gasteiger partial charge in [-0.15, -0.1) is 0 Å². The summed E-state index contributed by atoms with van der Waals surface area (Å²) in [6.07, 6.45) is 4.32. The Kier molecular flexibility index (Phi) is 4.66. The molecule has 7 heteroatoms. The van der Waals surface area contributed by atoms with Gasteiger partial charge in [-0.2, -0.15) is 15.4 Å². The van der Waals surface area contributed by atoms with E-state index in [9.17, 15) is 4.79 Å². The first-order valence-corrected chi connectivity index (χ1v) is 6.28. The summed E-state index contributed by atoms with van der Waals surface area (Å²) in [5.41, 5.74) is 5.78. The smallest absolute Gasteiger partial charge is 0.276 e. The summed E-state index contributed by atoms with van der Waals surface area (Å²) in [5, 5.41) is 9.89. The molecule has 100 valence electrons. The molecule has 0 aliphatic carbocycles. The summed E-state index contributed by atoms with van der Waals surface area (Å²) in [7, 11) is 0. The second-order valence-corrected chi connectivity index (χ2v) is 4.36. The molecule has 1 aliphatic heterocycles. The Bertz CT molecular complexity index is 360. The highest BCUT2D eigenvalue weighted by Crippen LogP contribution is 2.15. The summed E-state index contributed by atoms with van der Waals surface area (Å²) in [5.74, 6) is -0.0656. The first-order valence-electron chi connectivity index (χ1n) is 6.28. The maximum atomic E-state index is 12.0. The number of nitrogens with two attached hydrogens (primary N) is 1. The third-order valence-corrected chi connectivity index (χ3v) is 3.07. The van der Waals surface area contributed by atoms with Crippen molar-refractivity contribution >= 4 is 5.91 Å². The van der Waals surface area contributed by atoms with Crippen LogP contribution in [0.3, 0.4) is 0 Å². The van der Waals surface area contributed by atoms with Gasteiger partial charge < -0.3 is 15.4 Å². The highest BCUT2D eigenvalue weighted by molar-refractivity contribution is 5.91. The number of piperidine rings is 1. The highest BCUT2D eigenvalue weighted by atomic mass is 16.5. The number of likely N-dealkylation sites (tertiary alicyclic amines) is 1. The quantitative estimate of drug-likeness (QED) is 0.707. The molecule has 1 aromatic rings. The van der Waals surface area contributed by atoms with Crippen molar-refractivity contribution in [2.75, 3.05) is 26.2 Å². The molecule has 18 heavy (non-hydrogen) atoms. The van der Waals surface area contributed by atoms with Crippen LogP contribution in [0.4, 0.5) is 0 Å². The van der Waals surface area contributed by atoms with Gasteiger partial charge in [0.25, 0.3) is 5.91 Å². The van der Waals surface area contributed by atoms with Gasteiger partial charge >= 0.3 is 0 Å². The fraction of sp³-hybridized carbons (Fsp3) is 0.727. The van der Waals surface area contributed by atoms with Crippen LogP contribution >= 0.6 is 0 Å². The number of amides is 1. The number of nitrogens with one attached hydrogen (secondary N) is 1. The Hall–Kier alpha value is -1.47. The van der Waals surface area contributed by atoms with E-state index >= 15 is 0 Å². The van der Waals surface area contributed by atoms with Crippen molar-refractivity contribution in [3.8, 4) is 0 Å². The number of rotatable bonds is 5. The van der Waals surface area contributed by atoms with Crippen molar-refractivity contribution < 1.29 is 9.53 Å². The van der Waals surface area contributed by atoms with Gasteiger partial charge in [0.05, 0.1) is 12.3 Å². The Morgan fingerprint density at radius 1 is 1.56 bits per heavy atom. The number of aromatic nitrogens is 3. The molecule has 0 spiro atoms. The predicted molar refractivity (Wildman–Crippen MR) is 64.9 cm³/mol. The number of hydrogen-bond donors (Lipinski definition) is 2. The molecule has 0 unspecified atom stereocenters. The van der Waals surface area contributed by atoms with Gasteiger partial charge in [-0.05, 0) is 25.8 Å². The number of H-pyrrole nitrogens is 1. The molecule has 1 saturated heterocycles. The Labute approximate surface area is 106 Å². The molecule has 0 radical (unpaired) electrons. The SMILES string of the molecule is NCCCOC1CCN(C(=O)c2cn[nH]n2)CC1. The van der Waals surface area contributed by atoms with Crippen molar-refractivity contribution in [3.63, 3.8) is 0 Å². The van der Waals surface area contributed by atoms with Gasteiger partial charge in [0.1, 0.15) is 0 Å². The lowest BCUT2D eigenvalue weighted by atomic mass is 10.1. The minimum absolute atomic E-state index is 0.0656. The van der Waals surface area contributed by atoms with Crippen molar-refractivity contribution in [1.29, 1.82) is 0 Å². The first kappa shape index (κ1) is 13.0. The van der Waals surface area contributed by atoms with Gasteiger partial charge in [0.15, 0.2) is 5.69 Å². The fourth-order valence-electron chi connectivity index (χ4n) is 2.03. The zero-order valence-electron chi connectivity index (χ0n) is 10.3. The number of ether oxygens (including phenoxy) is 1. The van der Waals surface area contributed by atoms with Crippen LogP contribution in [0.15, 0.2) is 6.20 Å². The average Bonchev–Trinajstić information content (AvgIpc) is 2.93. The third-order valence-electron chi connectivity index (χ3n) is 3.07. The molecule has 1 aromatic heterocycles. The lowest BCUT2D eigenvalue weighted by molar-refractivity contribution is 0.00829. The number of carbonyl (C=O) groups is 1. The van der Waals surface area contributed by atoms with Gasteiger partial charge in [0.2, 0.25) is 0 Å². The maximum absolute atomic E-state index is 12.0. The molecular formula is C11H19N5O2. The summed E-state index contributed by atoms with van der Waals surface area (Å²) in [6.45, 7) is 2.78. The van der Waals surface area contributed by atoms with Crippen LogP contribution in [0.5, 0.6) is 0 Å². The van der Waals surface area contributed by atoms with E-state index in [1.807, 2.05) is 0 Å². The van der Waals surface area contributed by atoms with E-state index in [0.29, 0.717) is 31.9 Å². The van der Waals surface area contributed by atoms with Crippen LogP contribution in [-0.2, 0) is 4.74 Å². The molecule has 0 aromatic carbocycles. The maximum Gasteiger partial charge on any atom is 0.276 e. The summed E-state index contributed by atoms with van der Waals surface area (Å²) >= 11 is 0. The van der Waals surface area contributed by atoms with Crippen LogP contribution in [0, 0.1) is 0 Å². The number of hydrogen-bond acceptors (Lipinski definition) is 5. The normalized spacial score (nSPS) is 17.1. The molecule has 0 bridgehead atoms. The van der Waals surface area contributed by atoms with Crippen molar-refractivity contribution in [2.24, 2.45) is 5.73 Å². The molecule has 7 nitrogen and oxygen atoms in total. The number of aromatic amines is 1. The van der Waals surface area contributed by atoms with Crippen LogP contribution in [-0.4, -0.2) is 58.6 Å². The molecule has 2 heterocycles. The zero-order chi connectivity index (χ0) is 12.8. The van der Waals surface area contributed by atoms with E-state index in [4.69, 9.17) is 10.5 Å². The highest BCUT2D eigenvalue weighted by Gasteiger charge is 2.25. The molecule has 0 saturated carbocycles. The summed E-state index contributed by atoms with van der Waals surface area (Å²) in [6, 6.07) is 0. The lowest BCUT2D eigenvalue weighted by Crippen LogP contribution is -2.41. The summed E-state index contributed by atoms with van der Waals surface area (Å²) < 4.78 is 5.69. The molecule has 1 amide bonds. The monoisotopic (exact) mass is 253 g/mol. The van der Waals surface area contributed by atoms with E-state index in [0.717, 1.165) is 19.3 Å². The van der Waals surface area contributed by atoms with Gasteiger partial charge in [-0.3, -0.25) is 4.79 Å². The molecule has 0 atom stereocenters. The number of carbonyl (C=O) groups excluding carboxylic acids is 1. The third kappa shape index (κ3) is 3.27. The first-order chi connectivity index (χ1) is 8.81. The predicted octanol–water partition coefficient (Wildman–Crippen LogP) is -0.225. The molecule has 2 rings (SSSR count). The van der Waals surface area contributed by atoms with Crippen molar-refractivity contribution in [3.05, 3.63) is 11.9 Å². The Balaban J connectivity index is 1.75. The van der Waals surface area contributed by atoms with Crippen molar-refractivity contribution in [2.45, 2.75) is 25.4 Å². The van der Waals surface area contributed by atoms with E-state index in [1.54, 1.807) is 4.90 Å². The zero-order valence-corrected chi connectivity index (χ0v) is 10.3. The summed E-state index contributed by atoms with van der Waals surface area (Å²) in [4.78, 5) is 13.8. The van der Waals surface area contributed by atoms with Crippen LogP contribution in [0.1, 0.15) is 29.8 Å². The average molecular weight is 253 g/mol.